The van der Waals surface area contributed by atoms with E-state index in [4.69, 9.17) is 9.84 Å². The summed E-state index contributed by atoms with van der Waals surface area (Å²) >= 11 is 0. The highest BCUT2D eigenvalue weighted by molar-refractivity contribution is 5.80. The van der Waals surface area contributed by atoms with Crippen molar-refractivity contribution in [3.63, 3.8) is 0 Å². The molecule has 1 amide bonds. The predicted octanol–water partition coefficient (Wildman–Crippen LogP) is 1.26. The van der Waals surface area contributed by atoms with Gasteiger partial charge >= 0.3 is 6.09 Å². The zero-order valence-electron chi connectivity index (χ0n) is 14.3. The molecule has 0 spiro atoms. The number of aryl methyl sites for hydroxylation is 2. The van der Waals surface area contributed by atoms with Crippen LogP contribution in [0.15, 0.2) is 18.7 Å². The molecule has 0 aromatic carbocycles. The van der Waals surface area contributed by atoms with Gasteiger partial charge in [-0.05, 0) is 6.92 Å². The molecule has 26 heavy (non-hydrogen) atoms. The molecule has 10 heteroatoms. The monoisotopic (exact) mass is 355 g/mol. The van der Waals surface area contributed by atoms with Gasteiger partial charge in [0, 0.05) is 32.4 Å². The number of carboxylic acid groups (broad SMARTS) is 1. The van der Waals surface area contributed by atoms with Crippen molar-refractivity contribution in [1.82, 2.24) is 34.4 Å². The standard InChI is InChI=1S/C16H17N7O3/c1-9-17-5-10(6-18-9)13-21-12-14(22(13)2)19-8-20-15(12)26-11-3-4-23(7-11)16(24)25/h5-6,8,11H,3-4,7H2,1-2H3,(H,24,25)/t11-/m0/s1. The molecule has 1 atom stereocenters. The molecule has 1 saturated heterocycles. The Morgan fingerprint density at radius 1 is 1.27 bits per heavy atom. The minimum absolute atomic E-state index is 0.252. The number of hydrogen-bond donors (Lipinski definition) is 1. The molecule has 1 N–H and O–H groups in total. The number of hydrogen-bond acceptors (Lipinski definition) is 7. The number of carbonyl (C=O) groups is 1. The number of nitrogens with zero attached hydrogens (tertiary/aromatic N) is 7. The predicted molar refractivity (Wildman–Crippen MR) is 90.7 cm³/mol. The molecule has 4 rings (SSSR count). The first-order chi connectivity index (χ1) is 12.5. The van der Waals surface area contributed by atoms with E-state index in [-0.39, 0.29) is 6.10 Å². The molecular weight excluding hydrogens is 338 g/mol. The Hall–Kier alpha value is -3.30. The second-order valence-corrected chi connectivity index (χ2v) is 6.12. The minimum Gasteiger partial charge on any atom is -0.471 e. The second-order valence-electron chi connectivity index (χ2n) is 6.12. The summed E-state index contributed by atoms with van der Waals surface area (Å²) in [6.45, 7) is 2.58. The van der Waals surface area contributed by atoms with Gasteiger partial charge in [-0.3, -0.25) is 0 Å². The number of ether oxygens (including phenoxy) is 1. The molecule has 0 unspecified atom stereocenters. The molecule has 134 valence electrons. The molecule has 3 aromatic rings. The number of likely N-dealkylation sites (tertiary alicyclic amines) is 1. The lowest BCUT2D eigenvalue weighted by Crippen LogP contribution is -2.29. The summed E-state index contributed by atoms with van der Waals surface area (Å²) in [6.07, 6.45) is 4.25. The average Bonchev–Trinajstić information content (AvgIpc) is 3.22. The van der Waals surface area contributed by atoms with E-state index in [2.05, 4.69) is 24.9 Å². The summed E-state index contributed by atoms with van der Waals surface area (Å²) < 4.78 is 7.76. The van der Waals surface area contributed by atoms with E-state index in [1.165, 1.54) is 11.2 Å². The molecular formula is C16H17N7O3. The molecule has 1 fully saturated rings. The summed E-state index contributed by atoms with van der Waals surface area (Å²) in [5.41, 5.74) is 1.91. The van der Waals surface area contributed by atoms with Crippen LogP contribution >= 0.6 is 0 Å². The van der Waals surface area contributed by atoms with Crippen molar-refractivity contribution in [1.29, 1.82) is 0 Å². The highest BCUT2D eigenvalue weighted by Gasteiger charge is 2.28. The number of fused-ring (bicyclic) bond motifs is 1. The third-order valence-corrected chi connectivity index (χ3v) is 4.36. The SMILES string of the molecule is Cc1ncc(-c2nc3c(O[C@H]4CCN(C(=O)O)C4)ncnc3n2C)cn1. The van der Waals surface area contributed by atoms with E-state index in [9.17, 15) is 4.79 Å². The molecule has 4 heterocycles. The van der Waals surface area contributed by atoms with Crippen LogP contribution in [-0.4, -0.2) is 64.8 Å². The van der Waals surface area contributed by atoms with E-state index >= 15 is 0 Å². The van der Waals surface area contributed by atoms with Gasteiger partial charge < -0.3 is 19.3 Å². The van der Waals surface area contributed by atoms with E-state index in [1.807, 2.05) is 18.5 Å². The van der Waals surface area contributed by atoms with Crippen molar-refractivity contribution in [2.45, 2.75) is 19.4 Å². The zero-order valence-corrected chi connectivity index (χ0v) is 14.3. The van der Waals surface area contributed by atoms with Crippen molar-refractivity contribution < 1.29 is 14.6 Å². The Bertz CT molecular complexity index is 970. The minimum atomic E-state index is -0.941. The van der Waals surface area contributed by atoms with E-state index in [1.54, 1.807) is 12.4 Å². The second kappa shape index (κ2) is 6.21. The van der Waals surface area contributed by atoms with Crippen LogP contribution in [0.4, 0.5) is 4.79 Å². The molecule has 10 nitrogen and oxygen atoms in total. The van der Waals surface area contributed by atoms with E-state index in [0.29, 0.717) is 48.2 Å². The van der Waals surface area contributed by atoms with Gasteiger partial charge in [0.2, 0.25) is 5.88 Å². The fraction of sp³-hybridized carbons (Fsp3) is 0.375. The third kappa shape index (κ3) is 2.79. The Morgan fingerprint density at radius 2 is 2.04 bits per heavy atom. The molecule has 1 aliphatic rings. The maximum atomic E-state index is 11.1. The largest absolute Gasteiger partial charge is 0.471 e. The molecule has 0 radical (unpaired) electrons. The topological polar surface area (TPSA) is 119 Å². The first kappa shape index (κ1) is 16.2. The van der Waals surface area contributed by atoms with Crippen molar-refractivity contribution in [2.75, 3.05) is 13.1 Å². The van der Waals surface area contributed by atoms with Crippen LogP contribution < -0.4 is 4.74 Å². The highest BCUT2D eigenvalue weighted by atomic mass is 16.5. The lowest BCUT2D eigenvalue weighted by molar-refractivity contribution is 0.145. The van der Waals surface area contributed by atoms with E-state index in [0.717, 1.165) is 5.56 Å². The molecule has 0 aliphatic carbocycles. The van der Waals surface area contributed by atoms with Crippen LogP contribution in [0.3, 0.4) is 0 Å². The lowest BCUT2D eigenvalue weighted by Gasteiger charge is -2.13. The Morgan fingerprint density at radius 3 is 2.73 bits per heavy atom. The summed E-state index contributed by atoms with van der Waals surface area (Å²) in [6, 6.07) is 0. The van der Waals surface area contributed by atoms with Crippen molar-refractivity contribution in [3.05, 3.63) is 24.5 Å². The van der Waals surface area contributed by atoms with Gasteiger partial charge in [-0.25, -0.2) is 24.7 Å². The number of rotatable bonds is 3. The zero-order chi connectivity index (χ0) is 18.3. The van der Waals surface area contributed by atoms with Crippen LogP contribution in [-0.2, 0) is 7.05 Å². The molecule has 3 aromatic heterocycles. The van der Waals surface area contributed by atoms with Crippen LogP contribution in [0.5, 0.6) is 5.88 Å². The molecule has 0 bridgehead atoms. The lowest BCUT2D eigenvalue weighted by atomic mass is 10.3. The number of amides is 1. The Labute approximate surface area is 148 Å². The third-order valence-electron chi connectivity index (χ3n) is 4.36. The first-order valence-corrected chi connectivity index (χ1v) is 8.14. The van der Waals surface area contributed by atoms with Gasteiger partial charge in [0.25, 0.3) is 0 Å². The number of imidazole rings is 1. The van der Waals surface area contributed by atoms with Gasteiger partial charge in [0.05, 0.1) is 12.1 Å². The first-order valence-electron chi connectivity index (χ1n) is 8.14. The smallest absolute Gasteiger partial charge is 0.407 e. The van der Waals surface area contributed by atoms with Gasteiger partial charge in [0.15, 0.2) is 11.2 Å². The maximum absolute atomic E-state index is 11.1. The van der Waals surface area contributed by atoms with Crippen molar-refractivity contribution >= 4 is 17.3 Å². The van der Waals surface area contributed by atoms with Gasteiger partial charge in [-0.1, -0.05) is 0 Å². The summed E-state index contributed by atoms with van der Waals surface area (Å²) in [4.78, 5) is 33.9. The van der Waals surface area contributed by atoms with Gasteiger partial charge in [-0.2, -0.15) is 4.98 Å². The fourth-order valence-electron chi connectivity index (χ4n) is 2.99. The molecule has 0 saturated carbocycles. The normalized spacial score (nSPS) is 17.0. The Balaban J connectivity index is 1.68. The maximum Gasteiger partial charge on any atom is 0.407 e. The van der Waals surface area contributed by atoms with Gasteiger partial charge in [-0.15, -0.1) is 0 Å². The van der Waals surface area contributed by atoms with Crippen molar-refractivity contribution in [2.24, 2.45) is 7.05 Å². The van der Waals surface area contributed by atoms with Crippen molar-refractivity contribution in [3.8, 4) is 17.3 Å². The van der Waals surface area contributed by atoms with Crippen LogP contribution in [0.2, 0.25) is 0 Å². The summed E-state index contributed by atoms with van der Waals surface area (Å²) in [5.74, 6) is 1.69. The Kier molecular flexibility index (Phi) is 3.86. The molecule has 1 aliphatic heterocycles. The fourth-order valence-corrected chi connectivity index (χ4v) is 2.99. The van der Waals surface area contributed by atoms with Crippen LogP contribution in [0, 0.1) is 6.92 Å². The highest BCUT2D eigenvalue weighted by Crippen LogP contribution is 2.27. The van der Waals surface area contributed by atoms with Crippen LogP contribution in [0.25, 0.3) is 22.6 Å². The summed E-state index contributed by atoms with van der Waals surface area (Å²) in [5, 5.41) is 9.07. The quantitative estimate of drug-likeness (QED) is 0.746. The van der Waals surface area contributed by atoms with Gasteiger partial charge in [0.1, 0.15) is 24.1 Å². The average molecular weight is 355 g/mol. The summed E-state index contributed by atoms with van der Waals surface area (Å²) in [7, 11) is 1.85. The van der Waals surface area contributed by atoms with Crippen LogP contribution in [0.1, 0.15) is 12.2 Å². The number of aromatic nitrogens is 6. The van der Waals surface area contributed by atoms with E-state index < -0.39 is 6.09 Å².